The minimum atomic E-state index is -0.780. The van der Waals surface area contributed by atoms with Gasteiger partial charge in [-0.15, -0.1) is 0 Å². The van der Waals surface area contributed by atoms with Crippen LogP contribution < -0.4 is 10.6 Å². The van der Waals surface area contributed by atoms with Crippen molar-refractivity contribution >= 4 is 43.9 Å². The highest BCUT2D eigenvalue weighted by Crippen LogP contribution is 2.49. The van der Waals surface area contributed by atoms with Crippen molar-refractivity contribution in [2.24, 2.45) is 4.99 Å². The van der Waals surface area contributed by atoms with Crippen molar-refractivity contribution in [3.05, 3.63) is 71.8 Å². The van der Waals surface area contributed by atoms with E-state index in [1.165, 1.54) is 0 Å². The van der Waals surface area contributed by atoms with E-state index in [0.717, 1.165) is 17.5 Å². The molecule has 2 N–H and O–H groups in total. The quantitative estimate of drug-likeness (QED) is 0.505. The number of alkyl carbamates (subject to hydrolysis) is 1. The Bertz CT molecular complexity index is 943. The Kier molecular flexibility index (Phi) is 7.50. The lowest BCUT2D eigenvalue weighted by atomic mass is 9.99. The summed E-state index contributed by atoms with van der Waals surface area (Å²) < 4.78 is 16.9. The van der Waals surface area contributed by atoms with E-state index in [2.05, 4.69) is 47.5 Å². The number of halogens is 2. The summed E-state index contributed by atoms with van der Waals surface area (Å²) in [5, 5.41) is 5.97. The normalized spacial score (nSPS) is 23.9. The van der Waals surface area contributed by atoms with Crippen LogP contribution >= 0.6 is 31.9 Å². The smallest absolute Gasteiger partial charge is 0.414 e. The maximum Gasteiger partial charge on any atom is 0.414 e. The molecule has 1 unspecified atom stereocenters. The molecule has 2 aliphatic rings. The van der Waals surface area contributed by atoms with Gasteiger partial charge in [-0.2, -0.15) is 0 Å². The Hall–Kier alpha value is -1.94. The Morgan fingerprint density at radius 1 is 1.09 bits per heavy atom. The van der Waals surface area contributed by atoms with Crippen molar-refractivity contribution in [3.8, 4) is 0 Å². The number of ether oxygens (including phenoxy) is 3. The van der Waals surface area contributed by atoms with Gasteiger partial charge in [0, 0.05) is 12.8 Å². The molecule has 0 aromatic heterocycles. The van der Waals surface area contributed by atoms with Crippen molar-refractivity contribution in [1.82, 2.24) is 10.6 Å². The molecule has 2 aromatic carbocycles. The third-order valence-corrected chi connectivity index (χ3v) is 7.44. The number of carbonyl (C=O) groups is 1. The van der Waals surface area contributed by atoms with E-state index in [0.29, 0.717) is 32.2 Å². The first-order valence-electron chi connectivity index (χ1n) is 10.4. The first-order chi connectivity index (χ1) is 15.5. The van der Waals surface area contributed by atoms with Gasteiger partial charge < -0.3 is 19.5 Å². The molecule has 1 amide bonds. The van der Waals surface area contributed by atoms with Crippen molar-refractivity contribution in [2.75, 3.05) is 13.2 Å². The van der Waals surface area contributed by atoms with Crippen LogP contribution in [0.5, 0.6) is 0 Å². The van der Waals surface area contributed by atoms with Crippen LogP contribution in [0.3, 0.4) is 0 Å². The highest BCUT2D eigenvalue weighted by molar-refractivity contribution is 9.25. The number of hydrogen-bond donors (Lipinski definition) is 2. The number of nitrogens with zero attached hydrogens (tertiary/aromatic N) is 1. The van der Waals surface area contributed by atoms with Crippen LogP contribution in [0.4, 0.5) is 4.79 Å². The van der Waals surface area contributed by atoms with Crippen LogP contribution in [0.15, 0.2) is 65.7 Å². The molecule has 1 saturated heterocycles. The molecule has 170 valence electrons. The van der Waals surface area contributed by atoms with Gasteiger partial charge in [0.05, 0.1) is 25.9 Å². The lowest BCUT2D eigenvalue weighted by Gasteiger charge is -2.43. The number of benzene rings is 2. The molecule has 2 aliphatic heterocycles. The minimum Gasteiger partial charge on any atom is -0.444 e. The van der Waals surface area contributed by atoms with Crippen LogP contribution in [-0.2, 0) is 27.4 Å². The zero-order valence-electron chi connectivity index (χ0n) is 17.4. The fourth-order valence-corrected chi connectivity index (χ4v) is 4.81. The van der Waals surface area contributed by atoms with E-state index in [1.807, 2.05) is 60.7 Å². The standard InChI is InChI=1S/C23H25Br2N3O4/c24-22(25)11-12-32-23(22)13-19(16-30-14-17-7-3-1-4-8-17)26-20(28-23)27-21(29)31-15-18-9-5-2-6-10-18/h1-10,19H,11-16H2,(H2,26,27,28,29)/t19?,23-/m1/s1. The second kappa shape index (κ2) is 10.3. The summed E-state index contributed by atoms with van der Waals surface area (Å²) in [5.41, 5.74) is 1.22. The molecular weight excluding hydrogens is 542 g/mol. The summed E-state index contributed by atoms with van der Waals surface area (Å²) in [6.45, 7) is 1.62. The molecule has 0 bridgehead atoms. The Balaban J connectivity index is 1.40. The average molecular weight is 567 g/mol. The Morgan fingerprint density at radius 2 is 1.75 bits per heavy atom. The van der Waals surface area contributed by atoms with Gasteiger partial charge >= 0.3 is 6.09 Å². The number of rotatable bonds is 6. The van der Waals surface area contributed by atoms with Crippen molar-refractivity contribution in [2.45, 2.75) is 41.1 Å². The van der Waals surface area contributed by atoms with Gasteiger partial charge in [-0.25, -0.2) is 9.79 Å². The maximum absolute atomic E-state index is 12.4. The fourth-order valence-electron chi connectivity index (χ4n) is 3.73. The summed E-state index contributed by atoms with van der Waals surface area (Å²) in [5.74, 6) is 0.299. The van der Waals surface area contributed by atoms with Gasteiger partial charge in [-0.05, 0) is 11.1 Å². The summed E-state index contributed by atoms with van der Waals surface area (Å²) in [6, 6.07) is 19.3. The number of alkyl halides is 2. The van der Waals surface area contributed by atoms with E-state index in [9.17, 15) is 4.79 Å². The molecule has 2 atom stereocenters. The summed E-state index contributed by atoms with van der Waals surface area (Å²) in [7, 11) is 0. The Labute approximate surface area is 204 Å². The molecule has 0 aliphatic carbocycles. The van der Waals surface area contributed by atoms with Crippen molar-refractivity contribution < 1.29 is 19.0 Å². The first kappa shape index (κ1) is 23.2. The van der Waals surface area contributed by atoms with Gasteiger partial charge in [0.1, 0.15) is 9.84 Å². The van der Waals surface area contributed by atoms with Gasteiger partial charge in [-0.3, -0.25) is 5.32 Å². The molecule has 2 aromatic rings. The van der Waals surface area contributed by atoms with Crippen LogP contribution in [0, 0.1) is 0 Å². The maximum atomic E-state index is 12.4. The molecule has 9 heteroatoms. The average Bonchev–Trinajstić information content (AvgIpc) is 3.06. The summed E-state index contributed by atoms with van der Waals surface area (Å²) >= 11 is 7.48. The number of aliphatic imine (C=N–C) groups is 1. The first-order valence-corrected chi connectivity index (χ1v) is 12.0. The zero-order valence-corrected chi connectivity index (χ0v) is 20.6. The molecule has 2 heterocycles. The lowest BCUT2D eigenvalue weighted by molar-refractivity contribution is -0.0342. The third kappa shape index (κ3) is 5.70. The fraction of sp³-hybridized carbons (Fsp3) is 0.391. The highest BCUT2D eigenvalue weighted by atomic mass is 79.9. The largest absolute Gasteiger partial charge is 0.444 e. The lowest BCUT2D eigenvalue weighted by Crippen LogP contribution is -2.64. The monoisotopic (exact) mass is 565 g/mol. The van der Waals surface area contributed by atoms with E-state index in [4.69, 9.17) is 14.2 Å². The molecule has 7 nitrogen and oxygen atoms in total. The summed E-state index contributed by atoms with van der Waals surface area (Å²) in [4.78, 5) is 17.0. The zero-order chi connectivity index (χ0) is 22.4. The summed E-state index contributed by atoms with van der Waals surface area (Å²) in [6.07, 6.45) is 0.736. The van der Waals surface area contributed by atoms with Gasteiger partial charge in [0.15, 0.2) is 5.72 Å². The third-order valence-electron chi connectivity index (χ3n) is 5.37. The van der Waals surface area contributed by atoms with E-state index < -0.39 is 15.1 Å². The van der Waals surface area contributed by atoms with Crippen LogP contribution in [0.25, 0.3) is 0 Å². The number of hydrogen-bond acceptors (Lipinski definition) is 6. The van der Waals surface area contributed by atoms with Crippen molar-refractivity contribution in [3.63, 3.8) is 0 Å². The van der Waals surface area contributed by atoms with E-state index in [-0.39, 0.29) is 12.6 Å². The van der Waals surface area contributed by atoms with E-state index in [1.54, 1.807) is 0 Å². The second-order valence-corrected chi connectivity index (χ2v) is 11.5. The molecule has 32 heavy (non-hydrogen) atoms. The number of guanidine groups is 1. The van der Waals surface area contributed by atoms with Crippen LogP contribution in [0.2, 0.25) is 0 Å². The number of amides is 1. The molecule has 0 saturated carbocycles. The molecule has 1 fully saturated rings. The number of nitrogens with one attached hydrogen (secondary N) is 2. The SMILES string of the molecule is O=C(NC1=NC(COCc2ccccc2)C[C@@]2(N1)OCCC2(Br)Br)OCc1ccccc1. The molecular formula is C23H25Br2N3O4. The predicted molar refractivity (Wildman–Crippen MR) is 129 cm³/mol. The van der Waals surface area contributed by atoms with Crippen LogP contribution in [-0.4, -0.2) is 40.3 Å². The van der Waals surface area contributed by atoms with E-state index >= 15 is 0 Å². The van der Waals surface area contributed by atoms with Gasteiger partial charge in [0.2, 0.25) is 5.96 Å². The molecule has 4 rings (SSSR count). The Morgan fingerprint density at radius 3 is 2.38 bits per heavy atom. The van der Waals surface area contributed by atoms with Crippen molar-refractivity contribution in [1.29, 1.82) is 0 Å². The topological polar surface area (TPSA) is 81.2 Å². The molecule has 0 radical (unpaired) electrons. The minimum absolute atomic E-state index is 0.173. The van der Waals surface area contributed by atoms with Crippen LogP contribution in [0.1, 0.15) is 24.0 Å². The predicted octanol–water partition coefficient (Wildman–Crippen LogP) is 4.45. The second-order valence-electron chi connectivity index (χ2n) is 7.78. The van der Waals surface area contributed by atoms with Gasteiger partial charge in [0.25, 0.3) is 0 Å². The highest BCUT2D eigenvalue weighted by Gasteiger charge is 2.57. The molecule has 1 spiro atoms. The van der Waals surface area contributed by atoms with Gasteiger partial charge in [-0.1, -0.05) is 92.5 Å². The number of carbonyl (C=O) groups excluding carboxylic acids is 1.